The second kappa shape index (κ2) is 16.6. The molecule has 0 N–H and O–H groups in total. The van der Waals surface area contributed by atoms with Gasteiger partial charge in [-0.2, -0.15) is 0 Å². The Kier molecular flexibility index (Phi) is 10.9. The van der Waals surface area contributed by atoms with E-state index in [9.17, 15) is 0 Å². The van der Waals surface area contributed by atoms with Crippen LogP contribution in [0.5, 0.6) is 0 Å². The lowest BCUT2D eigenvalue weighted by molar-refractivity contribution is 0.402. The quantitative estimate of drug-likeness (QED) is 0.154. The van der Waals surface area contributed by atoms with Crippen molar-refractivity contribution >= 4 is 74.3 Å². The van der Waals surface area contributed by atoms with E-state index in [1.807, 2.05) is 0 Å². The maximum absolute atomic E-state index is 2.71. The van der Waals surface area contributed by atoms with Crippen LogP contribution in [-0.4, -0.2) is 6.71 Å². The molecule has 3 nitrogen and oxygen atoms in total. The second-order valence-corrected chi connectivity index (χ2v) is 27.4. The van der Waals surface area contributed by atoms with Gasteiger partial charge in [-0.3, -0.25) is 0 Å². The Morgan fingerprint density at radius 1 is 0.400 bits per heavy atom. The number of fused-ring (bicyclic) bond motifs is 6. The van der Waals surface area contributed by atoms with Crippen molar-refractivity contribution in [2.75, 3.05) is 14.7 Å². The highest BCUT2D eigenvalue weighted by molar-refractivity contribution is 7.00. The van der Waals surface area contributed by atoms with Crippen LogP contribution in [0.25, 0.3) is 11.1 Å². The third-order valence-corrected chi connectivity index (χ3v) is 17.8. The molecule has 378 valence electrons. The van der Waals surface area contributed by atoms with Crippen molar-refractivity contribution in [2.45, 2.75) is 149 Å². The smallest absolute Gasteiger partial charge is 0.252 e. The Bertz CT molecular complexity index is 3550. The van der Waals surface area contributed by atoms with E-state index in [1.54, 1.807) is 0 Å². The Labute approximate surface area is 449 Å². The van der Waals surface area contributed by atoms with Crippen molar-refractivity contribution in [2.24, 2.45) is 0 Å². The fourth-order valence-electron chi connectivity index (χ4n) is 14.5. The van der Waals surface area contributed by atoms with Gasteiger partial charge in [0.25, 0.3) is 6.71 Å². The number of hydrogen-bond donors (Lipinski definition) is 0. The van der Waals surface area contributed by atoms with Gasteiger partial charge in [0, 0.05) is 51.1 Å². The van der Waals surface area contributed by atoms with Crippen molar-refractivity contribution in [3.05, 3.63) is 203 Å². The van der Waals surface area contributed by atoms with E-state index >= 15 is 0 Å². The van der Waals surface area contributed by atoms with Crippen LogP contribution < -0.4 is 31.1 Å². The van der Waals surface area contributed by atoms with Crippen LogP contribution in [0, 0.1) is 6.92 Å². The topological polar surface area (TPSA) is 9.72 Å². The standard InChI is InChI=1S/C71H76BN3/c1-45-35-53-55(70(12,13)43-68(53,8)9)41-60(45)75-61-39-51(73(49-27-21-17-22-28-49)50-29-23-18-24-30-50)32-33-57(61)72-58-40-54-56(71(14,15)44-69(54,10)11)42-62(58)74(63-37-48(67(5,6)7)38-64(75)65(63)72)59-34-31-47(66(2,3)4)36-52(59)46-25-19-16-20-26-46/h16-42H,43-44H2,1-15H3. The number of nitrogens with zero attached hydrogens (tertiary/aromatic N) is 3. The van der Waals surface area contributed by atoms with Gasteiger partial charge in [-0.05, 0) is 186 Å². The zero-order valence-corrected chi connectivity index (χ0v) is 47.4. The van der Waals surface area contributed by atoms with Crippen molar-refractivity contribution in [3.8, 4) is 11.1 Å². The van der Waals surface area contributed by atoms with Gasteiger partial charge in [0.2, 0.25) is 0 Å². The molecule has 0 spiro atoms. The van der Waals surface area contributed by atoms with Gasteiger partial charge in [-0.15, -0.1) is 0 Å². The summed E-state index contributed by atoms with van der Waals surface area (Å²) in [5, 5.41) is 0. The molecule has 8 aromatic rings. The van der Waals surface area contributed by atoms with Gasteiger partial charge in [0.05, 0.1) is 5.69 Å². The number of anilines is 9. The molecule has 0 fully saturated rings. The Morgan fingerprint density at radius 3 is 1.40 bits per heavy atom. The van der Waals surface area contributed by atoms with Gasteiger partial charge < -0.3 is 14.7 Å². The fourth-order valence-corrected chi connectivity index (χ4v) is 14.5. The zero-order valence-electron chi connectivity index (χ0n) is 47.4. The molecule has 0 aromatic heterocycles. The predicted molar refractivity (Wildman–Crippen MR) is 324 cm³/mol. The molecule has 12 rings (SSSR count). The first kappa shape index (κ1) is 49.1. The molecule has 2 aliphatic carbocycles. The van der Waals surface area contributed by atoms with Crippen molar-refractivity contribution in [1.82, 2.24) is 0 Å². The van der Waals surface area contributed by atoms with Crippen molar-refractivity contribution in [3.63, 3.8) is 0 Å². The molecule has 0 saturated heterocycles. The Morgan fingerprint density at radius 2 is 0.867 bits per heavy atom. The van der Waals surface area contributed by atoms with E-state index in [0.29, 0.717) is 0 Å². The van der Waals surface area contributed by atoms with Crippen LogP contribution in [0.3, 0.4) is 0 Å². The zero-order chi connectivity index (χ0) is 52.9. The van der Waals surface area contributed by atoms with Gasteiger partial charge in [-0.1, -0.05) is 188 Å². The summed E-state index contributed by atoms with van der Waals surface area (Å²) in [5.41, 5.74) is 27.2. The molecule has 75 heavy (non-hydrogen) atoms. The summed E-state index contributed by atoms with van der Waals surface area (Å²) < 4.78 is 0. The maximum atomic E-state index is 2.71. The van der Waals surface area contributed by atoms with Gasteiger partial charge in [0.15, 0.2) is 0 Å². The molecule has 0 saturated carbocycles. The van der Waals surface area contributed by atoms with E-state index in [0.717, 1.165) is 29.9 Å². The van der Waals surface area contributed by atoms with Crippen LogP contribution in [0.15, 0.2) is 164 Å². The SMILES string of the molecule is Cc1cc2c(cc1N1c3cc(N(c4ccccc4)c4ccccc4)ccc3B3c4cc5c(cc4N(c4ccc(C(C)(C)C)cc4-c4ccccc4)c4cc(C(C)(C)C)cc1c43)C(C)(C)CC5(C)C)C(C)(C)CC2(C)C. The van der Waals surface area contributed by atoms with Crippen molar-refractivity contribution in [1.29, 1.82) is 0 Å². The lowest BCUT2D eigenvalue weighted by Gasteiger charge is -2.46. The molecule has 0 unspecified atom stereocenters. The van der Waals surface area contributed by atoms with Gasteiger partial charge in [0.1, 0.15) is 0 Å². The summed E-state index contributed by atoms with van der Waals surface area (Å²) in [6.45, 7) is 36.2. The number of aryl methyl sites for hydroxylation is 1. The molecule has 4 heteroatoms. The normalized spacial score (nSPS) is 17.2. The largest absolute Gasteiger partial charge is 0.311 e. The highest BCUT2D eigenvalue weighted by atomic mass is 15.2. The maximum Gasteiger partial charge on any atom is 0.252 e. The molecule has 2 aliphatic heterocycles. The summed E-state index contributed by atoms with van der Waals surface area (Å²) in [4.78, 5) is 7.85. The minimum Gasteiger partial charge on any atom is -0.311 e. The Balaban J connectivity index is 1.23. The summed E-state index contributed by atoms with van der Waals surface area (Å²) >= 11 is 0. The monoisotopic (exact) mass is 982 g/mol. The first-order valence-corrected chi connectivity index (χ1v) is 27.7. The molecule has 0 atom stereocenters. The minimum absolute atomic E-state index is 0.00146. The van der Waals surface area contributed by atoms with Gasteiger partial charge in [-0.25, -0.2) is 0 Å². The summed E-state index contributed by atoms with van der Waals surface area (Å²) in [5.74, 6) is 0. The molecule has 2 heterocycles. The number of hydrogen-bond acceptors (Lipinski definition) is 3. The van der Waals surface area contributed by atoms with E-state index in [1.165, 1.54) is 101 Å². The van der Waals surface area contributed by atoms with Crippen LogP contribution >= 0.6 is 0 Å². The third kappa shape index (κ3) is 7.82. The lowest BCUT2D eigenvalue weighted by atomic mass is 9.33. The van der Waals surface area contributed by atoms with Crippen LogP contribution in [-0.2, 0) is 32.5 Å². The lowest BCUT2D eigenvalue weighted by Crippen LogP contribution is -2.61. The first-order valence-electron chi connectivity index (χ1n) is 27.7. The van der Waals surface area contributed by atoms with E-state index in [-0.39, 0.29) is 39.2 Å². The van der Waals surface area contributed by atoms with Crippen LogP contribution in [0.2, 0.25) is 0 Å². The third-order valence-electron chi connectivity index (χ3n) is 17.8. The highest BCUT2D eigenvalue weighted by Gasteiger charge is 2.50. The average Bonchev–Trinajstić information content (AvgIpc) is 3.66. The molecular weight excluding hydrogens is 906 g/mol. The molecular formula is C71H76BN3. The molecule has 4 aliphatic rings. The minimum atomic E-state index is -0.167. The van der Waals surface area contributed by atoms with Crippen LogP contribution in [0.4, 0.5) is 51.2 Å². The van der Waals surface area contributed by atoms with E-state index in [2.05, 4.69) is 282 Å². The summed E-state index contributed by atoms with van der Waals surface area (Å²) in [7, 11) is 0. The number of benzene rings is 8. The number of para-hydroxylation sites is 2. The number of rotatable bonds is 6. The summed E-state index contributed by atoms with van der Waals surface area (Å²) in [6.07, 6.45) is 2.21. The van der Waals surface area contributed by atoms with Crippen LogP contribution in [0.1, 0.15) is 149 Å². The van der Waals surface area contributed by atoms with E-state index < -0.39 is 0 Å². The Hall–Kier alpha value is -6.78. The second-order valence-electron chi connectivity index (χ2n) is 27.4. The predicted octanol–water partition coefficient (Wildman–Crippen LogP) is 17.7. The van der Waals surface area contributed by atoms with Crippen molar-refractivity contribution < 1.29 is 0 Å². The highest BCUT2D eigenvalue weighted by Crippen LogP contribution is 2.56. The molecule has 0 amide bonds. The van der Waals surface area contributed by atoms with E-state index in [4.69, 9.17) is 0 Å². The summed E-state index contributed by atoms with van der Waals surface area (Å²) in [6, 6.07) is 63.4. The average molecular weight is 982 g/mol. The molecule has 8 aromatic carbocycles. The van der Waals surface area contributed by atoms with Gasteiger partial charge >= 0.3 is 0 Å². The fraction of sp³-hybridized carbons (Fsp3) is 0.324. The molecule has 0 radical (unpaired) electrons. The first-order chi connectivity index (χ1) is 35.3. The molecule has 0 bridgehead atoms.